The van der Waals surface area contributed by atoms with Crippen LogP contribution in [-0.2, 0) is 26.9 Å². The Morgan fingerprint density at radius 1 is 0.947 bits per heavy atom. The molecule has 14 heteroatoms. The van der Waals surface area contributed by atoms with Crippen LogP contribution in [0.25, 0.3) is 0 Å². The molecule has 0 saturated heterocycles. The first kappa shape index (κ1) is 30.0. The van der Waals surface area contributed by atoms with Gasteiger partial charge >= 0.3 is 7.82 Å². The van der Waals surface area contributed by atoms with Gasteiger partial charge in [-0.25, -0.2) is 23.3 Å². The first-order chi connectivity index (χ1) is 18.3. The molecule has 2 N–H and O–H groups in total. The lowest BCUT2D eigenvalue weighted by atomic mass is 9.92. The molecule has 2 unspecified atom stereocenters. The van der Waals surface area contributed by atoms with Crippen LogP contribution in [0.5, 0.6) is 0 Å². The minimum Gasteiger partial charge on any atom is -0.371 e. The Labute approximate surface area is 220 Å². The van der Waals surface area contributed by atoms with Gasteiger partial charge in [0, 0.05) is 37.2 Å². The third kappa shape index (κ3) is 9.95. The number of hydrogen-bond donors (Lipinski definition) is 2. The molecule has 0 aliphatic rings. The molecule has 0 fully saturated rings. The monoisotopic (exact) mass is 556 g/mol. The van der Waals surface area contributed by atoms with E-state index in [-0.39, 0.29) is 25.3 Å². The Hall–Kier alpha value is -2.57. The Morgan fingerprint density at radius 2 is 1.55 bits per heavy atom. The SMILES string of the molecule is CCCCCCCCCOC(c1ccc(F)cc1F)C(OP(=O)(O)O)C(Cn1cncn1)Cn1cncn1. The van der Waals surface area contributed by atoms with E-state index in [0.717, 1.165) is 38.2 Å². The normalized spacial score (nSPS) is 13.7. The van der Waals surface area contributed by atoms with Crippen LogP contribution in [0.2, 0.25) is 0 Å². The van der Waals surface area contributed by atoms with Gasteiger partial charge in [0.25, 0.3) is 0 Å². The van der Waals surface area contributed by atoms with Crippen molar-refractivity contribution in [1.82, 2.24) is 29.5 Å². The number of rotatable bonds is 18. The van der Waals surface area contributed by atoms with Gasteiger partial charge in [-0.15, -0.1) is 0 Å². The molecule has 0 amide bonds. The highest BCUT2D eigenvalue weighted by Gasteiger charge is 2.39. The summed E-state index contributed by atoms with van der Waals surface area (Å²) in [5, 5.41) is 8.18. The fraction of sp³-hybridized carbons (Fsp3) is 0.583. The average molecular weight is 557 g/mol. The Bertz CT molecular complexity index is 1080. The molecular formula is C24H35F2N6O5P. The fourth-order valence-corrected chi connectivity index (χ4v) is 4.91. The van der Waals surface area contributed by atoms with E-state index in [9.17, 15) is 18.7 Å². The molecule has 2 aromatic heterocycles. The zero-order chi connectivity index (χ0) is 27.4. The van der Waals surface area contributed by atoms with Crippen molar-refractivity contribution in [3.8, 4) is 0 Å². The molecule has 0 saturated carbocycles. The highest BCUT2D eigenvalue weighted by atomic mass is 31.2. The Morgan fingerprint density at radius 3 is 2.08 bits per heavy atom. The zero-order valence-electron chi connectivity index (χ0n) is 21.4. The highest BCUT2D eigenvalue weighted by Crippen LogP contribution is 2.44. The smallest absolute Gasteiger partial charge is 0.371 e. The third-order valence-electron chi connectivity index (χ3n) is 6.11. The second-order valence-corrected chi connectivity index (χ2v) is 10.3. The summed E-state index contributed by atoms with van der Waals surface area (Å²) in [4.78, 5) is 27.5. The predicted molar refractivity (Wildman–Crippen MR) is 133 cm³/mol. The fourth-order valence-electron chi connectivity index (χ4n) is 4.31. The summed E-state index contributed by atoms with van der Waals surface area (Å²) in [6.45, 7) is 2.52. The Kier molecular flexibility index (Phi) is 11.9. The molecule has 11 nitrogen and oxygen atoms in total. The van der Waals surface area contributed by atoms with Gasteiger partial charge in [0.1, 0.15) is 49.2 Å². The molecule has 3 rings (SSSR count). The second-order valence-electron chi connectivity index (χ2n) is 9.13. The number of phosphoric ester groups is 1. The van der Waals surface area contributed by atoms with Crippen molar-refractivity contribution in [2.75, 3.05) is 6.61 Å². The van der Waals surface area contributed by atoms with Crippen molar-refractivity contribution in [1.29, 1.82) is 0 Å². The van der Waals surface area contributed by atoms with Crippen molar-refractivity contribution in [2.45, 2.75) is 77.2 Å². The van der Waals surface area contributed by atoms with Crippen LogP contribution in [0.3, 0.4) is 0 Å². The van der Waals surface area contributed by atoms with Crippen LogP contribution >= 0.6 is 7.82 Å². The summed E-state index contributed by atoms with van der Waals surface area (Å²) < 4.78 is 55.2. The van der Waals surface area contributed by atoms with E-state index in [0.29, 0.717) is 12.5 Å². The molecule has 3 aromatic rings. The zero-order valence-corrected chi connectivity index (χ0v) is 22.2. The lowest BCUT2D eigenvalue weighted by Crippen LogP contribution is -2.37. The van der Waals surface area contributed by atoms with E-state index < -0.39 is 37.6 Å². The summed E-state index contributed by atoms with van der Waals surface area (Å²) in [5.74, 6) is -2.44. The Balaban J connectivity index is 1.89. The number of nitrogens with zero attached hydrogens (tertiary/aromatic N) is 6. The van der Waals surface area contributed by atoms with Crippen molar-refractivity contribution in [3.05, 3.63) is 60.7 Å². The van der Waals surface area contributed by atoms with Crippen LogP contribution in [0.4, 0.5) is 8.78 Å². The maximum atomic E-state index is 15.0. The van der Waals surface area contributed by atoms with Gasteiger partial charge in [0.05, 0.1) is 0 Å². The summed E-state index contributed by atoms with van der Waals surface area (Å²) in [7, 11) is -5.08. The molecule has 1 aromatic carbocycles. The molecular weight excluding hydrogens is 521 g/mol. The minimum absolute atomic E-state index is 0.0741. The van der Waals surface area contributed by atoms with Crippen molar-refractivity contribution >= 4 is 7.82 Å². The van der Waals surface area contributed by atoms with Crippen LogP contribution in [0.15, 0.2) is 43.5 Å². The number of benzene rings is 1. The van der Waals surface area contributed by atoms with Gasteiger partial charge < -0.3 is 14.5 Å². The third-order valence-corrected chi connectivity index (χ3v) is 6.63. The molecule has 38 heavy (non-hydrogen) atoms. The highest BCUT2D eigenvalue weighted by molar-refractivity contribution is 7.46. The lowest BCUT2D eigenvalue weighted by molar-refractivity contribution is -0.0709. The maximum absolute atomic E-state index is 15.0. The topological polar surface area (TPSA) is 137 Å². The molecule has 0 spiro atoms. The molecule has 210 valence electrons. The minimum atomic E-state index is -5.08. The van der Waals surface area contributed by atoms with Gasteiger partial charge in [-0.2, -0.15) is 10.2 Å². The molecule has 0 aliphatic heterocycles. The van der Waals surface area contributed by atoms with E-state index in [1.54, 1.807) is 0 Å². The van der Waals surface area contributed by atoms with Crippen LogP contribution in [-0.4, -0.2) is 52.0 Å². The van der Waals surface area contributed by atoms with Gasteiger partial charge in [-0.3, -0.25) is 13.9 Å². The number of unbranched alkanes of at least 4 members (excludes halogenated alkanes) is 6. The van der Waals surface area contributed by atoms with E-state index in [1.165, 1.54) is 47.2 Å². The standard InChI is InChI=1S/C24H35F2N6O5P/c1-2-3-4-5-6-7-8-11-36-24(21-10-9-20(25)12-22(21)26)23(37-38(33,34)35)19(13-31-17-27-15-29-31)14-32-18-28-16-30-32/h9-10,12,15-19,23-24H,2-8,11,13-14H2,1H3,(H2,33,34,35). The number of ether oxygens (including phenoxy) is 1. The summed E-state index contributed by atoms with van der Waals surface area (Å²) in [6, 6.07) is 2.98. The largest absolute Gasteiger partial charge is 0.469 e. The van der Waals surface area contributed by atoms with Crippen molar-refractivity contribution in [3.63, 3.8) is 0 Å². The lowest BCUT2D eigenvalue weighted by Gasteiger charge is -2.34. The molecule has 0 aliphatic carbocycles. The summed E-state index contributed by atoms with van der Waals surface area (Å²) in [6.07, 6.45) is 10.0. The van der Waals surface area contributed by atoms with E-state index in [1.807, 2.05) is 0 Å². The maximum Gasteiger partial charge on any atom is 0.469 e. The summed E-state index contributed by atoms with van der Waals surface area (Å²) in [5.41, 5.74) is -0.0741. The number of hydrogen-bond acceptors (Lipinski definition) is 7. The molecule has 2 atom stereocenters. The quantitative estimate of drug-likeness (QED) is 0.172. The van der Waals surface area contributed by atoms with Gasteiger partial charge in [0.15, 0.2) is 0 Å². The number of phosphoric acid groups is 1. The summed E-state index contributed by atoms with van der Waals surface area (Å²) >= 11 is 0. The van der Waals surface area contributed by atoms with Crippen molar-refractivity contribution in [2.24, 2.45) is 5.92 Å². The first-order valence-corrected chi connectivity index (χ1v) is 14.2. The predicted octanol–water partition coefficient (Wildman–Crippen LogP) is 4.45. The average Bonchev–Trinajstić information content (AvgIpc) is 3.56. The van der Waals surface area contributed by atoms with Gasteiger partial charge in [-0.1, -0.05) is 51.5 Å². The van der Waals surface area contributed by atoms with Crippen LogP contribution in [0, 0.1) is 17.6 Å². The van der Waals surface area contributed by atoms with E-state index >= 15 is 4.39 Å². The van der Waals surface area contributed by atoms with Gasteiger partial charge in [0.2, 0.25) is 0 Å². The molecule has 0 radical (unpaired) electrons. The van der Waals surface area contributed by atoms with E-state index in [2.05, 4.69) is 27.1 Å². The number of aromatic nitrogens is 6. The first-order valence-electron chi connectivity index (χ1n) is 12.7. The van der Waals surface area contributed by atoms with Crippen LogP contribution < -0.4 is 0 Å². The molecule has 0 bridgehead atoms. The van der Waals surface area contributed by atoms with E-state index in [4.69, 9.17) is 9.26 Å². The molecule has 2 heterocycles. The van der Waals surface area contributed by atoms with Gasteiger partial charge in [-0.05, 0) is 12.5 Å². The van der Waals surface area contributed by atoms with Crippen molar-refractivity contribution < 1.29 is 32.4 Å². The second kappa shape index (κ2) is 15.1. The number of halogens is 2. The van der Waals surface area contributed by atoms with Crippen LogP contribution in [0.1, 0.15) is 63.5 Å².